The number of ether oxygens (including phenoxy) is 1. The van der Waals surface area contributed by atoms with Crippen LogP contribution < -0.4 is 5.32 Å². The third-order valence-electron chi connectivity index (χ3n) is 1.76. The molecule has 0 unspecified atom stereocenters. The van der Waals surface area contributed by atoms with Crippen LogP contribution in [-0.4, -0.2) is 19.1 Å². The first kappa shape index (κ1) is 11.0. The number of carbonyl (C=O) groups excluding carboxylic acids is 1. The van der Waals surface area contributed by atoms with E-state index in [0.29, 0.717) is 0 Å². The molecule has 14 heavy (non-hydrogen) atoms. The zero-order valence-corrected chi connectivity index (χ0v) is 9.67. The van der Waals surface area contributed by atoms with Crippen LogP contribution in [0.15, 0.2) is 28.7 Å². The van der Waals surface area contributed by atoms with E-state index in [4.69, 9.17) is 0 Å². The Morgan fingerprint density at radius 3 is 2.86 bits per heavy atom. The second-order valence-electron chi connectivity index (χ2n) is 2.90. The van der Waals surface area contributed by atoms with E-state index in [2.05, 4.69) is 26.0 Å². The number of halogens is 1. The van der Waals surface area contributed by atoms with Gasteiger partial charge in [0, 0.05) is 10.2 Å². The molecule has 76 valence electrons. The summed E-state index contributed by atoms with van der Waals surface area (Å²) in [4.78, 5) is 11.1. The van der Waals surface area contributed by atoms with Crippen molar-refractivity contribution < 1.29 is 9.53 Å². The number of carbonyl (C=O) groups is 1. The van der Waals surface area contributed by atoms with Crippen LogP contribution >= 0.6 is 15.9 Å². The van der Waals surface area contributed by atoms with Crippen LogP contribution in [0.25, 0.3) is 0 Å². The van der Waals surface area contributed by atoms with Crippen molar-refractivity contribution in [3.63, 3.8) is 0 Å². The third-order valence-corrected chi connectivity index (χ3v) is 2.26. The molecule has 0 radical (unpaired) electrons. The van der Waals surface area contributed by atoms with E-state index in [1.54, 1.807) is 6.92 Å². The maximum atomic E-state index is 11.1. The van der Waals surface area contributed by atoms with Gasteiger partial charge in [0.1, 0.15) is 6.04 Å². The van der Waals surface area contributed by atoms with Crippen LogP contribution in [0.5, 0.6) is 0 Å². The van der Waals surface area contributed by atoms with E-state index in [1.165, 1.54) is 7.11 Å². The van der Waals surface area contributed by atoms with Crippen molar-refractivity contribution in [3.05, 3.63) is 28.7 Å². The molecular weight excluding hydrogens is 246 g/mol. The summed E-state index contributed by atoms with van der Waals surface area (Å²) in [6.45, 7) is 1.76. The number of hydrogen-bond acceptors (Lipinski definition) is 3. The second-order valence-corrected chi connectivity index (χ2v) is 3.82. The van der Waals surface area contributed by atoms with Gasteiger partial charge in [0.05, 0.1) is 7.11 Å². The standard InChI is InChI=1S/C10H12BrNO2/c1-7(10(13)14-2)12-9-5-3-4-8(11)6-9/h3-7,12H,1-2H3/t7-/m1/s1. The van der Waals surface area contributed by atoms with Crippen LogP contribution in [0.1, 0.15) is 6.92 Å². The number of hydrogen-bond donors (Lipinski definition) is 1. The maximum Gasteiger partial charge on any atom is 0.327 e. The molecule has 0 bridgehead atoms. The van der Waals surface area contributed by atoms with Crippen molar-refractivity contribution in [1.29, 1.82) is 0 Å². The van der Waals surface area contributed by atoms with E-state index in [1.807, 2.05) is 24.3 Å². The van der Waals surface area contributed by atoms with Crippen molar-refractivity contribution in [2.24, 2.45) is 0 Å². The fourth-order valence-corrected chi connectivity index (χ4v) is 1.46. The lowest BCUT2D eigenvalue weighted by Gasteiger charge is -2.12. The number of nitrogens with one attached hydrogen (secondary N) is 1. The van der Waals surface area contributed by atoms with E-state index >= 15 is 0 Å². The fraction of sp³-hybridized carbons (Fsp3) is 0.300. The highest BCUT2D eigenvalue weighted by Crippen LogP contribution is 2.16. The number of esters is 1. The van der Waals surface area contributed by atoms with Gasteiger partial charge in [0.15, 0.2) is 0 Å². The average Bonchev–Trinajstić information content (AvgIpc) is 2.16. The highest BCUT2D eigenvalue weighted by Gasteiger charge is 2.11. The number of methoxy groups -OCH3 is 1. The summed E-state index contributed by atoms with van der Waals surface area (Å²) in [7, 11) is 1.38. The van der Waals surface area contributed by atoms with Crippen LogP contribution in [0.4, 0.5) is 5.69 Å². The Kier molecular flexibility index (Phi) is 3.95. The van der Waals surface area contributed by atoms with Gasteiger partial charge in [-0.2, -0.15) is 0 Å². The van der Waals surface area contributed by atoms with Gasteiger partial charge in [-0.3, -0.25) is 0 Å². The quantitative estimate of drug-likeness (QED) is 0.846. The Hall–Kier alpha value is -1.03. The van der Waals surface area contributed by atoms with Gasteiger partial charge in [0.25, 0.3) is 0 Å². The van der Waals surface area contributed by atoms with E-state index < -0.39 is 0 Å². The minimum absolute atomic E-state index is 0.273. The molecule has 3 nitrogen and oxygen atoms in total. The zero-order valence-electron chi connectivity index (χ0n) is 8.08. The molecule has 1 atom stereocenters. The Morgan fingerprint density at radius 1 is 1.57 bits per heavy atom. The predicted octanol–water partition coefficient (Wildman–Crippen LogP) is 2.42. The van der Waals surface area contributed by atoms with E-state index in [0.717, 1.165) is 10.2 Å². The number of benzene rings is 1. The summed E-state index contributed by atoms with van der Waals surface area (Å²) in [6.07, 6.45) is 0. The Balaban J connectivity index is 2.64. The van der Waals surface area contributed by atoms with Crippen LogP contribution in [0.2, 0.25) is 0 Å². The summed E-state index contributed by atoms with van der Waals surface area (Å²) in [6, 6.07) is 7.28. The van der Waals surface area contributed by atoms with Crippen LogP contribution in [0, 0.1) is 0 Å². The predicted molar refractivity (Wildman–Crippen MR) is 59.2 cm³/mol. The smallest absolute Gasteiger partial charge is 0.327 e. The molecule has 0 aromatic heterocycles. The van der Waals surface area contributed by atoms with Crippen LogP contribution in [0.3, 0.4) is 0 Å². The Labute approximate surface area is 91.6 Å². The first-order valence-corrected chi connectivity index (χ1v) is 5.02. The normalized spacial score (nSPS) is 11.9. The monoisotopic (exact) mass is 257 g/mol. The molecular formula is C10H12BrNO2. The van der Waals surface area contributed by atoms with E-state index in [-0.39, 0.29) is 12.0 Å². The first-order chi connectivity index (χ1) is 6.63. The van der Waals surface area contributed by atoms with Gasteiger partial charge in [0.2, 0.25) is 0 Å². The highest BCUT2D eigenvalue weighted by molar-refractivity contribution is 9.10. The first-order valence-electron chi connectivity index (χ1n) is 4.23. The topological polar surface area (TPSA) is 38.3 Å². The Bertz CT molecular complexity index is 328. The molecule has 1 rings (SSSR count). The summed E-state index contributed by atoms with van der Waals surface area (Å²) in [5.41, 5.74) is 0.886. The van der Waals surface area contributed by atoms with Gasteiger partial charge in [-0.25, -0.2) is 4.79 Å². The third kappa shape index (κ3) is 3.03. The molecule has 0 fully saturated rings. The lowest BCUT2D eigenvalue weighted by Crippen LogP contribution is -2.27. The van der Waals surface area contributed by atoms with Crippen molar-refractivity contribution in [1.82, 2.24) is 0 Å². The van der Waals surface area contributed by atoms with Gasteiger partial charge in [-0.15, -0.1) is 0 Å². The highest BCUT2D eigenvalue weighted by atomic mass is 79.9. The van der Waals surface area contributed by atoms with Crippen LogP contribution in [-0.2, 0) is 9.53 Å². The molecule has 0 aliphatic heterocycles. The molecule has 0 aliphatic rings. The summed E-state index contributed by atoms with van der Waals surface area (Å²) < 4.78 is 5.57. The maximum absolute atomic E-state index is 11.1. The lowest BCUT2D eigenvalue weighted by atomic mass is 10.2. The second kappa shape index (κ2) is 5.00. The summed E-state index contributed by atoms with van der Waals surface area (Å²) in [5.74, 6) is -0.273. The zero-order chi connectivity index (χ0) is 10.6. The van der Waals surface area contributed by atoms with Gasteiger partial charge in [-0.05, 0) is 25.1 Å². The minimum Gasteiger partial charge on any atom is -0.467 e. The van der Waals surface area contributed by atoms with Crippen molar-refractivity contribution in [2.45, 2.75) is 13.0 Å². The molecule has 0 saturated heterocycles. The Morgan fingerprint density at radius 2 is 2.29 bits per heavy atom. The number of rotatable bonds is 3. The van der Waals surface area contributed by atoms with Crippen molar-refractivity contribution >= 4 is 27.6 Å². The van der Waals surface area contributed by atoms with Crippen molar-refractivity contribution in [2.75, 3.05) is 12.4 Å². The molecule has 1 aromatic rings. The molecule has 1 N–H and O–H groups in total. The summed E-state index contributed by atoms with van der Waals surface area (Å²) in [5, 5.41) is 3.03. The molecule has 1 aromatic carbocycles. The van der Waals surface area contributed by atoms with Gasteiger partial charge >= 0.3 is 5.97 Å². The fourth-order valence-electron chi connectivity index (χ4n) is 1.06. The molecule has 4 heteroatoms. The summed E-state index contributed by atoms with van der Waals surface area (Å²) >= 11 is 3.35. The number of anilines is 1. The molecule has 0 aliphatic carbocycles. The lowest BCUT2D eigenvalue weighted by molar-refractivity contribution is -0.141. The van der Waals surface area contributed by atoms with Crippen molar-refractivity contribution in [3.8, 4) is 0 Å². The van der Waals surface area contributed by atoms with Gasteiger partial charge in [-0.1, -0.05) is 22.0 Å². The molecule has 0 amide bonds. The van der Waals surface area contributed by atoms with Gasteiger partial charge < -0.3 is 10.1 Å². The molecule has 0 saturated carbocycles. The average molecular weight is 258 g/mol. The molecule has 0 heterocycles. The SMILES string of the molecule is COC(=O)[C@@H](C)Nc1cccc(Br)c1. The largest absolute Gasteiger partial charge is 0.467 e. The minimum atomic E-state index is -0.339. The van der Waals surface area contributed by atoms with E-state index in [9.17, 15) is 4.79 Å². The molecule has 0 spiro atoms.